The van der Waals surface area contributed by atoms with Gasteiger partial charge in [-0.3, -0.25) is 9.88 Å². The van der Waals surface area contributed by atoms with Crippen LogP contribution in [-0.4, -0.2) is 42.9 Å². The van der Waals surface area contributed by atoms with Crippen LogP contribution in [0.2, 0.25) is 0 Å². The van der Waals surface area contributed by atoms with Crippen molar-refractivity contribution in [2.75, 3.05) is 13.1 Å². The Labute approximate surface area is 157 Å². The number of aromatic nitrogens is 5. The topological polar surface area (TPSA) is 73.5 Å². The fraction of sp³-hybridized carbons (Fsp3) is 0.286. The smallest absolute Gasteiger partial charge is 0.157 e. The lowest BCUT2D eigenvalue weighted by Crippen LogP contribution is -2.33. The van der Waals surface area contributed by atoms with Gasteiger partial charge in [0.15, 0.2) is 5.82 Å². The number of hydrogen-bond acceptors (Lipinski definition) is 4. The average Bonchev–Trinajstić information content (AvgIpc) is 3.41. The molecule has 4 heterocycles. The summed E-state index contributed by atoms with van der Waals surface area (Å²) < 4.78 is 0. The maximum absolute atomic E-state index is 4.66. The standard InChI is InChI=1S/C21H22N6/c1-2-16(17-4-7-22-18(17)3-1)14-27-12-5-15(6-13-27)19-20(24-9-8-23-19)21-25-10-11-26-21/h1-4,7-11,15,22H,5-6,12-14H2,(H,25,26). The highest BCUT2D eigenvalue weighted by molar-refractivity contribution is 5.82. The van der Waals surface area contributed by atoms with Gasteiger partial charge < -0.3 is 9.97 Å². The van der Waals surface area contributed by atoms with Gasteiger partial charge >= 0.3 is 0 Å². The van der Waals surface area contributed by atoms with E-state index in [0.29, 0.717) is 5.92 Å². The molecule has 6 nitrogen and oxygen atoms in total. The Morgan fingerprint density at radius 3 is 2.67 bits per heavy atom. The van der Waals surface area contributed by atoms with Crippen LogP contribution in [0.15, 0.2) is 55.2 Å². The quantitative estimate of drug-likeness (QED) is 0.583. The summed E-state index contributed by atoms with van der Waals surface area (Å²) in [5, 5.41) is 1.33. The van der Waals surface area contributed by atoms with E-state index in [4.69, 9.17) is 0 Å². The molecule has 0 unspecified atom stereocenters. The van der Waals surface area contributed by atoms with Gasteiger partial charge in [-0.05, 0) is 43.6 Å². The van der Waals surface area contributed by atoms with Gasteiger partial charge in [0.05, 0.1) is 5.69 Å². The molecule has 5 rings (SSSR count). The zero-order chi connectivity index (χ0) is 18.1. The summed E-state index contributed by atoms with van der Waals surface area (Å²) in [7, 11) is 0. The molecule has 1 saturated heterocycles. The number of hydrogen-bond donors (Lipinski definition) is 2. The second-order valence-electron chi connectivity index (χ2n) is 7.13. The molecule has 6 heteroatoms. The van der Waals surface area contributed by atoms with Gasteiger partial charge in [0.25, 0.3) is 0 Å². The minimum Gasteiger partial charge on any atom is -0.361 e. The van der Waals surface area contributed by atoms with Gasteiger partial charge in [-0.1, -0.05) is 12.1 Å². The SMILES string of the molecule is c1cc(CN2CCC(c3nccnc3-c3ncc[nH]3)CC2)c2cc[nH]c2c1. The number of rotatable bonds is 4. The van der Waals surface area contributed by atoms with Gasteiger partial charge in [0, 0.05) is 54.3 Å². The summed E-state index contributed by atoms with van der Waals surface area (Å²) in [5.74, 6) is 1.23. The monoisotopic (exact) mass is 358 g/mol. The van der Waals surface area contributed by atoms with Crippen LogP contribution in [0.3, 0.4) is 0 Å². The lowest BCUT2D eigenvalue weighted by Gasteiger charge is -2.32. The molecule has 0 aliphatic carbocycles. The first-order valence-electron chi connectivity index (χ1n) is 9.46. The molecular weight excluding hydrogens is 336 g/mol. The highest BCUT2D eigenvalue weighted by Gasteiger charge is 2.25. The van der Waals surface area contributed by atoms with Crippen molar-refractivity contribution in [1.29, 1.82) is 0 Å². The molecule has 0 amide bonds. The van der Waals surface area contributed by atoms with Crippen LogP contribution < -0.4 is 0 Å². The molecule has 136 valence electrons. The van der Waals surface area contributed by atoms with Crippen molar-refractivity contribution in [3.8, 4) is 11.5 Å². The van der Waals surface area contributed by atoms with Gasteiger partial charge in [0.1, 0.15) is 5.69 Å². The van der Waals surface area contributed by atoms with E-state index in [1.54, 1.807) is 18.6 Å². The molecule has 3 aromatic heterocycles. The second kappa shape index (κ2) is 6.96. The molecular formula is C21H22N6. The summed E-state index contributed by atoms with van der Waals surface area (Å²) >= 11 is 0. The lowest BCUT2D eigenvalue weighted by atomic mass is 9.91. The summed E-state index contributed by atoms with van der Waals surface area (Å²) in [6.45, 7) is 3.13. The molecule has 2 N–H and O–H groups in total. The van der Waals surface area contributed by atoms with E-state index < -0.39 is 0 Å². The molecule has 1 aliphatic rings. The van der Waals surface area contributed by atoms with E-state index in [0.717, 1.165) is 49.7 Å². The highest BCUT2D eigenvalue weighted by Crippen LogP contribution is 2.32. The van der Waals surface area contributed by atoms with E-state index >= 15 is 0 Å². The third-order valence-electron chi connectivity index (χ3n) is 5.50. The maximum atomic E-state index is 4.66. The number of fused-ring (bicyclic) bond motifs is 1. The average molecular weight is 358 g/mol. The number of aromatic amines is 2. The molecule has 1 aromatic carbocycles. The van der Waals surface area contributed by atoms with Crippen LogP contribution in [-0.2, 0) is 6.54 Å². The number of imidazole rings is 1. The molecule has 0 spiro atoms. The largest absolute Gasteiger partial charge is 0.361 e. The summed E-state index contributed by atoms with van der Waals surface area (Å²) in [6, 6.07) is 8.68. The normalized spacial score (nSPS) is 16.1. The first-order valence-corrected chi connectivity index (χ1v) is 9.46. The van der Waals surface area contributed by atoms with Crippen molar-refractivity contribution >= 4 is 10.9 Å². The van der Waals surface area contributed by atoms with Crippen molar-refractivity contribution in [2.24, 2.45) is 0 Å². The van der Waals surface area contributed by atoms with Gasteiger partial charge in [-0.2, -0.15) is 0 Å². The summed E-state index contributed by atoms with van der Waals surface area (Å²) in [6.07, 6.45) is 11.3. The van der Waals surface area contributed by atoms with Gasteiger partial charge in [-0.15, -0.1) is 0 Å². The Hall–Kier alpha value is -2.99. The molecule has 0 atom stereocenters. The minimum absolute atomic E-state index is 0.429. The van der Waals surface area contributed by atoms with Crippen molar-refractivity contribution in [3.05, 3.63) is 66.5 Å². The highest BCUT2D eigenvalue weighted by atomic mass is 15.1. The lowest BCUT2D eigenvalue weighted by molar-refractivity contribution is 0.204. The fourth-order valence-electron chi connectivity index (χ4n) is 4.12. The van der Waals surface area contributed by atoms with Crippen molar-refractivity contribution in [2.45, 2.75) is 25.3 Å². The predicted octanol–water partition coefficient (Wildman–Crippen LogP) is 3.73. The number of nitrogens with one attached hydrogen (secondary N) is 2. The van der Waals surface area contributed by atoms with Crippen LogP contribution in [0.5, 0.6) is 0 Å². The van der Waals surface area contributed by atoms with E-state index in [9.17, 15) is 0 Å². The number of benzene rings is 1. The van der Waals surface area contributed by atoms with Crippen LogP contribution >= 0.6 is 0 Å². The van der Waals surface area contributed by atoms with Gasteiger partial charge in [-0.25, -0.2) is 9.97 Å². The predicted molar refractivity (Wildman–Crippen MR) is 105 cm³/mol. The van der Waals surface area contributed by atoms with Crippen molar-refractivity contribution < 1.29 is 0 Å². The Balaban J connectivity index is 1.31. The molecule has 4 aromatic rings. The summed E-state index contributed by atoms with van der Waals surface area (Å²) in [4.78, 5) is 22.6. The Morgan fingerprint density at radius 1 is 0.926 bits per heavy atom. The van der Waals surface area contributed by atoms with Crippen LogP contribution in [0, 0.1) is 0 Å². The number of nitrogens with zero attached hydrogens (tertiary/aromatic N) is 4. The second-order valence-corrected chi connectivity index (χ2v) is 7.13. The Morgan fingerprint density at radius 2 is 1.81 bits per heavy atom. The van der Waals surface area contributed by atoms with Crippen molar-refractivity contribution in [3.63, 3.8) is 0 Å². The van der Waals surface area contributed by atoms with Crippen LogP contribution in [0.1, 0.15) is 30.0 Å². The summed E-state index contributed by atoms with van der Waals surface area (Å²) in [5.41, 5.74) is 4.56. The zero-order valence-corrected chi connectivity index (χ0v) is 15.1. The van der Waals surface area contributed by atoms with E-state index in [1.165, 1.54) is 16.5 Å². The maximum Gasteiger partial charge on any atom is 0.157 e. The van der Waals surface area contributed by atoms with Gasteiger partial charge in [0.2, 0.25) is 0 Å². The first kappa shape index (κ1) is 16.2. The van der Waals surface area contributed by atoms with Crippen LogP contribution in [0.4, 0.5) is 0 Å². The molecule has 1 aliphatic heterocycles. The van der Waals surface area contributed by atoms with Crippen LogP contribution in [0.25, 0.3) is 22.4 Å². The molecule has 1 fully saturated rings. The fourth-order valence-corrected chi connectivity index (χ4v) is 4.12. The van der Waals surface area contributed by atoms with E-state index in [1.807, 2.05) is 12.4 Å². The zero-order valence-electron chi connectivity index (χ0n) is 15.1. The molecule has 0 saturated carbocycles. The molecule has 0 radical (unpaired) electrons. The number of likely N-dealkylation sites (tertiary alicyclic amines) is 1. The van der Waals surface area contributed by atoms with E-state index in [2.05, 4.69) is 54.1 Å². The third-order valence-corrected chi connectivity index (χ3v) is 5.50. The Bertz CT molecular complexity index is 1030. The molecule has 0 bridgehead atoms. The Kier molecular flexibility index (Phi) is 4.18. The third kappa shape index (κ3) is 3.13. The van der Waals surface area contributed by atoms with E-state index in [-0.39, 0.29) is 0 Å². The number of H-pyrrole nitrogens is 2. The minimum atomic E-state index is 0.429. The number of piperidine rings is 1. The molecule has 27 heavy (non-hydrogen) atoms. The van der Waals surface area contributed by atoms with Crippen molar-refractivity contribution in [1.82, 2.24) is 29.8 Å². The first-order chi connectivity index (χ1) is 13.4.